The first kappa shape index (κ1) is 22.9. The van der Waals surface area contributed by atoms with Crippen LogP contribution in [0.2, 0.25) is 0 Å². The highest BCUT2D eigenvalue weighted by molar-refractivity contribution is 7.89. The van der Waals surface area contributed by atoms with Gasteiger partial charge in [0.15, 0.2) is 6.61 Å². The van der Waals surface area contributed by atoms with Crippen LogP contribution in [0.15, 0.2) is 65.6 Å². The van der Waals surface area contributed by atoms with Crippen LogP contribution >= 0.6 is 0 Å². The molecule has 0 saturated carbocycles. The van der Waals surface area contributed by atoms with Gasteiger partial charge in [-0.1, -0.05) is 36.4 Å². The van der Waals surface area contributed by atoms with E-state index in [2.05, 4.69) is 5.32 Å². The van der Waals surface area contributed by atoms with Crippen LogP contribution in [0.5, 0.6) is 0 Å². The molecule has 0 spiro atoms. The van der Waals surface area contributed by atoms with Crippen molar-refractivity contribution in [1.82, 2.24) is 4.31 Å². The van der Waals surface area contributed by atoms with Gasteiger partial charge in [0.25, 0.3) is 5.91 Å². The van der Waals surface area contributed by atoms with Gasteiger partial charge in [-0.3, -0.25) is 4.79 Å². The Bertz CT molecular complexity index is 1300. The molecule has 0 unspecified atom stereocenters. The van der Waals surface area contributed by atoms with Crippen LogP contribution in [0.3, 0.4) is 0 Å². The maximum atomic E-state index is 13.0. The molecule has 1 heterocycles. The van der Waals surface area contributed by atoms with E-state index < -0.39 is 28.5 Å². The maximum absolute atomic E-state index is 13.0. The number of nitrogens with zero attached hydrogens (tertiary/aromatic N) is 1. The predicted molar refractivity (Wildman–Crippen MR) is 124 cm³/mol. The number of carbonyl (C=O) groups is 2. The van der Waals surface area contributed by atoms with Gasteiger partial charge in [-0.15, -0.1) is 0 Å². The van der Waals surface area contributed by atoms with E-state index in [4.69, 9.17) is 9.47 Å². The lowest BCUT2D eigenvalue weighted by Gasteiger charge is -2.26. The van der Waals surface area contributed by atoms with Crippen molar-refractivity contribution in [3.63, 3.8) is 0 Å². The molecule has 0 aromatic heterocycles. The van der Waals surface area contributed by atoms with Gasteiger partial charge < -0.3 is 14.8 Å². The van der Waals surface area contributed by atoms with Crippen molar-refractivity contribution < 1.29 is 27.5 Å². The summed E-state index contributed by atoms with van der Waals surface area (Å²) < 4.78 is 37.7. The number of benzene rings is 3. The molecular formula is C24H24N2O6S. The summed E-state index contributed by atoms with van der Waals surface area (Å²) in [6.07, 6.45) is 0. The lowest BCUT2D eigenvalue weighted by atomic mass is 10.1. The molecule has 1 aliphatic rings. The van der Waals surface area contributed by atoms with Crippen LogP contribution in [-0.2, 0) is 24.3 Å². The van der Waals surface area contributed by atoms with Gasteiger partial charge in [0.2, 0.25) is 10.0 Å². The standard InChI is InChI=1S/C24H24N2O6S/c1-17-6-9-21(15-22(17)33(29,30)26-10-12-31-13-11-26)25-23(27)16-32-24(28)20-8-7-18-4-2-3-5-19(18)14-20/h2-9,14-15H,10-13,16H2,1H3,(H,25,27). The van der Waals surface area contributed by atoms with Crippen molar-refractivity contribution in [1.29, 1.82) is 0 Å². The zero-order chi connectivity index (χ0) is 23.4. The lowest BCUT2D eigenvalue weighted by molar-refractivity contribution is -0.119. The summed E-state index contributed by atoms with van der Waals surface area (Å²) in [5, 5.41) is 4.49. The number of amides is 1. The Morgan fingerprint density at radius 2 is 1.73 bits per heavy atom. The number of anilines is 1. The highest BCUT2D eigenvalue weighted by Gasteiger charge is 2.28. The van der Waals surface area contributed by atoms with E-state index in [0.717, 1.165) is 10.8 Å². The Hall–Kier alpha value is -3.27. The lowest BCUT2D eigenvalue weighted by Crippen LogP contribution is -2.40. The molecule has 4 rings (SSSR count). The first-order valence-corrected chi connectivity index (χ1v) is 11.9. The van der Waals surface area contributed by atoms with Crippen molar-refractivity contribution in [2.75, 3.05) is 38.2 Å². The molecule has 9 heteroatoms. The van der Waals surface area contributed by atoms with Gasteiger partial charge in [0.05, 0.1) is 23.7 Å². The summed E-state index contributed by atoms with van der Waals surface area (Å²) in [6, 6.07) is 17.4. The molecule has 1 aliphatic heterocycles. The Kier molecular flexibility index (Phi) is 6.73. The quantitative estimate of drug-likeness (QED) is 0.558. The monoisotopic (exact) mass is 468 g/mol. The SMILES string of the molecule is Cc1ccc(NC(=O)COC(=O)c2ccc3ccccc3c2)cc1S(=O)(=O)N1CCOCC1. The Morgan fingerprint density at radius 1 is 1.00 bits per heavy atom. The van der Waals surface area contributed by atoms with Crippen molar-refractivity contribution in [2.45, 2.75) is 11.8 Å². The van der Waals surface area contributed by atoms with Crippen molar-refractivity contribution in [2.24, 2.45) is 0 Å². The third-order valence-electron chi connectivity index (χ3n) is 5.38. The second-order valence-corrected chi connectivity index (χ2v) is 9.59. The number of sulfonamides is 1. The number of rotatable bonds is 6. The number of ether oxygens (including phenoxy) is 2. The molecule has 0 aliphatic carbocycles. The minimum atomic E-state index is -3.71. The average Bonchev–Trinajstić information content (AvgIpc) is 2.84. The number of hydrogen-bond donors (Lipinski definition) is 1. The number of morpholine rings is 1. The molecule has 8 nitrogen and oxygen atoms in total. The summed E-state index contributed by atoms with van der Waals surface area (Å²) in [7, 11) is -3.71. The van der Waals surface area contributed by atoms with Crippen LogP contribution < -0.4 is 5.32 Å². The zero-order valence-corrected chi connectivity index (χ0v) is 18.9. The molecule has 3 aromatic carbocycles. The molecule has 1 fully saturated rings. The highest BCUT2D eigenvalue weighted by Crippen LogP contribution is 2.24. The second-order valence-electron chi connectivity index (χ2n) is 7.68. The number of hydrogen-bond acceptors (Lipinski definition) is 6. The summed E-state index contributed by atoms with van der Waals surface area (Å²) in [4.78, 5) is 24.8. The molecule has 0 bridgehead atoms. The first-order chi connectivity index (χ1) is 15.8. The molecule has 172 valence electrons. The first-order valence-electron chi connectivity index (χ1n) is 10.5. The molecule has 3 aromatic rings. The van der Waals surface area contributed by atoms with Crippen molar-refractivity contribution in [3.8, 4) is 0 Å². The third-order valence-corrected chi connectivity index (χ3v) is 7.42. The van der Waals surface area contributed by atoms with Gasteiger partial charge in [-0.05, 0) is 47.5 Å². The normalized spacial score (nSPS) is 14.7. The number of nitrogens with one attached hydrogen (secondary N) is 1. The zero-order valence-electron chi connectivity index (χ0n) is 18.1. The van der Waals surface area contributed by atoms with Crippen molar-refractivity contribution in [3.05, 3.63) is 71.8 Å². The van der Waals surface area contributed by atoms with Crippen LogP contribution in [0.25, 0.3) is 10.8 Å². The fourth-order valence-corrected chi connectivity index (χ4v) is 5.27. The third kappa shape index (κ3) is 5.22. The van der Waals surface area contributed by atoms with Gasteiger partial charge in [-0.2, -0.15) is 4.31 Å². The molecule has 33 heavy (non-hydrogen) atoms. The molecule has 0 radical (unpaired) electrons. The number of carbonyl (C=O) groups excluding carboxylic acids is 2. The van der Waals surface area contributed by atoms with Crippen LogP contribution in [0, 0.1) is 6.92 Å². The Morgan fingerprint density at radius 3 is 2.48 bits per heavy atom. The molecule has 1 N–H and O–H groups in total. The maximum Gasteiger partial charge on any atom is 0.338 e. The van der Waals surface area contributed by atoms with Gasteiger partial charge in [0.1, 0.15) is 0 Å². The summed E-state index contributed by atoms with van der Waals surface area (Å²) in [5.41, 5.74) is 1.22. The molecule has 0 atom stereocenters. The van der Waals surface area contributed by atoms with Crippen molar-refractivity contribution >= 4 is 38.4 Å². The molecule has 1 amide bonds. The van der Waals surface area contributed by atoms with Crippen LogP contribution in [-0.4, -0.2) is 57.5 Å². The van der Waals surface area contributed by atoms with E-state index >= 15 is 0 Å². The van der Waals surface area contributed by atoms with E-state index in [0.29, 0.717) is 30.0 Å². The molecular weight excluding hydrogens is 444 g/mol. The fourth-order valence-electron chi connectivity index (χ4n) is 3.61. The van der Waals surface area contributed by atoms with Gasteiger partial charge >= 0.3 is 5.97 Å². The molecule has 1 saturated heterocycles. The predicted octanol–water partition coefficient (Wildman–Crippen LogP) is 2.96. The van der Waals surface area contributed by atoms with E-state index in [-0.39, 0.29) is 18.0 Å². The van der Waals surface area contributed by atoms with E-state index in [1.54, 1.807) is 31.2 Å². The average molecular weight is 469 g/mol. The smallest absolute Gasteiger partial charge is 0.338 e. The summed E-state index contributed by atoms with van der Waals surface area (Å²) in [5.74, 6) is -1.18. The van der Waals surface area contributed by atoms with Crippen LogP contribution in [0.4, 0.5) is 5.69 Å². The van der Waals surface area contributed by atoms with Crippen LogP contribution in [0.1, 0.15) is 15.9 Å². The Labute approximate surface area is 192 Å². The van der Waals surface area contributed by atoms with E-state index in [1.807, 2.05) is 30.3 Å². The highest BCUT2D eigenvalue weighted by atomic mass is 32.2. The number of aryl methyl sites for hydroxylation is 1. The summed E-state index contributed by atoms with van der Waals surface area (Å²) in [6.45, 7) is 2.45. The fraction of sp³-hybridized carbons (Fsp3) is 0.250. The van der Waals surface area contributed by atoms with Gasteiger partial charge in [-0.25, -0.2) is 13.2 Å². The van der Waals surface area contributed by atoms with Gasteiger partial charge in [0, 0.05) is 18.8 Å². The minimum Gasteiger partial charge on any atom is -0.452 e. The Balaban J connectivity index is 1.41. The van der Waals surface area contributed by atoms with E-state index in [1.165, 1.54) is 10.4 Å². The number of esters is 1. The second kappa shape index (κ2) is 9.70. The topological polar surface area (TPSA) is 102 Å². The largest absolute Gasteiger partial charge is 0.452 e. The summed E-state index contributed by atoms with van der Waals surface area (Å²) >= 11 is 0. The minimum absolute atomic E-state index is 0.121. The van der Waals surface area contributed by atoms with E-state index in [9.17, 15) is 18.0 Å². The number of fused-ring (bicyclic) bond motifs is 1.